The quantitative estimate of drug-likeness (QED) is 0.502. The molecule has 1 amide bonds. The molecule has 0 fully saturated rings. The maximum absolute atomic E-state index is 11.1. The average molecular weight is 251 g/mol. The van der Waals surface area contributed by atoms with Gasteiger partial charge in [-0.05, 0) is 6.42 Å². The molecule has 0 aliphatic heterocycles. The van der Waals surface area contributed by atoms with Crippen LogP contribution in [0.1, 0.15) is 6.42 Å². The van der Waals surface area contributed by atoms with Gasteiger partial charge in [-0.3, -0.25) is 9.59 Å². The summed E-state index contributed by atoms with van der Waals surface area (Å²) in [6.45, 7) is 0.598. The predicted octanol–water partition coefficient (Wildman–Crippen LogP) is -0.682. The number of nitrogens with one attached hydrogen (secondary N) is 1. The number of hydrogen-bond donors (Lipinski definition) is 3. The van der Waals surface area contributed by atoms with Gasteiger partial charge in [-0.1, -0.05) is 0 Å². The second kappa shape index (κ2) is 9.44. The van der Waals surface area contributed by atoms with Crippen molar-refractivity contribution in [2.24, 2.45) is 0 Å². The fourth-order valence-corrected chi connectivity index (χ4v) is 1.50. The highest BCUT2D eigenvalue weighted by Gasteiger charge is 2.06. The molecule has 0 rings (SSSR count). The Kier molecular flexibility index (Phi) is 8.97. The maximum Gasteiger partial charge on any atom is 0.313 e. The van der Waals surface area contributed by atoms with Crippen LogP contribution in [0, 0.1) is 0 Å². The Bertz CT molecular complexity index is 224. The summed E-state index contributed by atoms with van der Waals surface area (Å²) in [5.74, 6) is -1.13. The third kappa shape index (κ3) is 9.75. The van der Waals surface area contributed by atoms with Crippen LogP contribution in [0.5, 0.6) is 0 Å². The molecule has 1 unspecified atom stereocenters. The Labute approximate surface area is 98.4 Å². The second-order valence-corrected chi connectivity index (χ2v) is 4.12. The number of amides is 1. The van der Waals surface area contributed by atoms with Gasteiger partial charge < -0.3 is 20.3 Å². The van der Waals surface area contributed by atoms with Gasteiger partial charge in [0.15, 0.2) is 0 Å². The zero-order chi connectivity index (χ0) is 12.4. The first-order valence-corrected chi connectivity index (χ1v) is 5.95. The number of aliphatic carboxylic acids is 1. The van der Waals surface area contributed by atoms with Crippen molar-refractivity contribution in [2.45, 2.75) is 12.5 Å². The molecule has 0 aromatic heterocycles. The van der Waals surface area contributed by atoms with E-state index in [4.69, 9.17) is 9.84 Å². The van der Waals surface area contributed by atoms with E-state index < -0.39 is 12.1 Å². The third-order valence-electron chi connectivity index (χ3n) is 1.62. The SMILES string of the molecule is COCC(O)CCNC(=O)CSCC(=O)O. The molecular formula is C9H17NO5S. The van der Waals surface area contributed by atoms with Crippen molar-refractivity contribution in [3.63, 3.8) is 0 Å². The van der Waals surface area contributed by atoms with Gasteiger partial charge in [-0.2, -0.15) is 0 Å². The van der Waals surface area contributed by atoms with Gasteiger partial charge in [-0.15, -0.1) is 11.8 Å². The van der Waals surface area contributed by atoms with Crippen LogP contribution in [0.4, 0.5) is 0 Å². The summed E-state index contributed by atoms with van der Waals surface area (Å²) in [6, 6.07) is 0. The molecule has 0 saturated carbocycles. The van der Waals surface area contributed by atoms with Crippen LogP contribution in [0.2, 0.25) is 0 Å². The van der Waals surface area contributed by atoms with E-state index in [1.807, 2.05) is 0 Å². The summed E-state index contributed by atoms with van der Waals surface area (Å²) in [6.07, 6.45) is -0.166. The van der Waals surface area contributed by atoms with Crippen molar-refractivity contribution < 1.29 is 24.5 Å². The van der Waals surface area contributed by atoms with Crippen LogP contribution < -0.4 is 5.32 Å². The normalized spacial score (nSPS) is 12.1. The van der Waals surface area contributed by atoms with Crippen molar-refractivity contribution in [1.82, 2.24) is 5.32 Å². The van der Waals surface area contributed by atoms with E-state index in [1.54, 1.807) is 0 Å². The summed E-state index contributed by atoms with van der Waals surface area (Å²) >= 11 is 1.04. The topological polar surface area (TPSA) is 95.9 Å². The van der Waals surface area contributed by atoms with E-state index in [1.165, 1.54) is 7.11 Å². The number of methoxy groups -OCH3 is 1. The lowest BCUT2D eigenvalue weighted by atomic mass is 10.3. The fourth-order valence-electron chi connectivity index (χ4n) is 0.936. The Hall–Kier alpha value is -0.790. The summed E-state index contributed by atoms with van der Waals surface area (Å²) in [5, 5.41) is 20.2. The molecule has 6 nitrogen and oxygen atoms in total. The molecule has 1 atom stereocenters. The van der Waals surface area contributed by atoms with E-state index in [0.29, 0.717) is 13.0 Å². The average Bonchev–Trinajstić information content (AvgIpc) is 2.17. The van der Waals surface area contributed by atoms with Crippen LogP contribution in [-0.4, -0.2) is 60.0 Å². The number of rotatable bonds is 9. The van der Waals surface area contributed by atoms with Gasteiger partial charge in [0.2, 0.25) is 5.91 Å². The van der Waals surface area contributed by atoms with E-state index in [0.717, 1.165) is 11.8 Å². The fraction of sp³-hybridized carbons (Fsp3) is 0.778. The largest absolute Gasteiger partial charge is 0.481 e. The van der Waals surface area contributed by atoms with Gasteiger partial charge in [0.1, 0.15) is 0 Å². The molecule has 0 aliphatic carbocycles. The van der Waals surface area contributed by atoms with Crippen LogP contribution in [0.3, 0.4) is 0 Å². The minimum atomic E-state index is -0.937. The van der Waals surface area contributed by atoms with Gasteiger partial charge in [0, 0.05) is 13.7 Å². The molecule has 0 spiro atoms. The number of carboxylic acid groups (broad SMARTS) is 1. The highest BCUT2D eigenvalue weighted by Crippen LogP contribution is 1.98. The minimum absolute atomic E-state index is 0.0836. The summed E-state index contributed by atoms with van der Waals surface area (Å²) in [5.41, 5.74) is 0. The van der Waals surface area contributed by atoms with Crippen molar-refractivity contribution in [3.05, 3.63) is 0 Å². The molecule has 16 heavy (non-hydrogen) atoms. The van der Waals surface area contributed by atoms with Crippen molar-refractivity contribution in [2.75, 3.05) is 31.8 Å². The smallest absolute Gasteiger partial charge is 0.313 e. The number of aliphatic hydroxyl groups is 1. The first-order valence-electron chi connectivity index (χ1n) is 4.79. The van der Waals surface area contributed by atoms with Crippen LogP contribution in [-0.2, 0) is 14.3 Å². The minimum Gasteiger partial charge on any atom is -0.481 e. The summed E-state index contributed by atoms with van der Waals surface area (Å²) < 4.78 is 4.72. The van der Waals surface area contributed by atoms with Gasteiger partial charge in [0.05, 0.1) is 24.2 Å². The number of carboxylic acids is 1. The lowest BCUT2D eigenvalue weighted by Gasteiger charge is -2.09. The maximum atomic E-state index is 11.1. The zero-order valence-corrected chi connectivity index (χ0v) is 9.96. The molecule has 3 N–H and O–H groups in total. The molecular weight excluding hydrogens is 234 g/mol. The van der Waals surface area contributed by atoms with Crippen molar-refractivity contribution in [3.8, 4) is 0 Å². The van der Waals surface area contributed by atoms with Gasteiger partial charge in [-0.25, -0.2) is 0 Å². The number of carbonyl (C=O) groups excluding carboxylic acids is 1. The molecule has 0 radical (unpaired) electrons. The first-order chi connectivity index (χ1) is 7.56. The van der Waals surface area contributed by atoms with Crippen LogP contribution >= 0.6 is 11.8 Å². The molecule has 0 saturated heterocycles. The molecule has 0 bridgehead atoms. The lowest BCUT2D eigenvalue weighted by Crippen LogP contribution is -2.29. The molecule has 0 aliphatic rings. The van der Waals surface area contributed by atoms with Gasteiger partial charge in [0.25, 0.3) is 0 Å². The number of hydrogen-bond acceptors (Lipinski definition) is 5. The third-order valence-corrected chi connectivity index (χ3v) is 2.53. The zero-order valence-electron chi connectivity index (χ0n) is 9.14. The van der Waals surface area contributed by atoms with E-state index in [-0.39, 0.29) is 24.0 Å². The van der Waals surface area contributed by atoms with Crippen LogP contribution in [0.15, 0.2) is 0 Å². The number of aliphatic hydroxyl groups excluding tert-OH is 1. The van der Waals surface area contributed by atoms with E-state index in [2.05, 4.69) is 5.32 Å². The molecule has 0 aromatic rings. The highest BCUT2D eigenvalue weighted by atomic mass is 32.2. The Morgan fingerprint density at radius 2 is 2.12 bits per heavy atom. The first kappa shape index (κ1) is 15.2. The molecule has 0 heterocycles. The Morgan fingerprint density at radius 1 is 1.44 bits per heavy atom. The van der Waals surface area contributed by atoms with Crippen molar-refractivity contribution >= 4 is 23.6 Å². The number of carbonyl (C=O) groups is 2. The number of ether oxygens (including phenoxy) is 1. The summed E-state index contributed by atoms with van der Waals surface area (Å²) in [7, 11) is 1.49. The summed E-state index contributed by atoms with van der Waals surface area (Å²) in [4.78, 5) is 21.3. The number of thioether (sulfide) groups is 1. The Morgan fingerprint density at radius 3 is 2.69 bits per heavy atom. The van der Waals surface area contributed by atoms with Crippen molar-refractivity contribution in [1.29, 1.82) is 0 Å². The monoisotopic (exact) mass is 251 g/mol. The predicted molar refractivity (Wildman–Crippen MR) is 60.5 cm³/mol. The second-order valence-electron chi connectivity index (χ2n) is 3.13. The standard InChI is InChI=1S/C9H17NO5S/c1-15-4-7(11)2-3-10-8(12)5-16-6-9(13)14/h7,11H,2-6H2,1H3,(H,10,12)(H,13,14). The van der Waals surface area contributed by atoms with E-state index in [9.17, 15) is 14.7 Å². The van der Waals surface area contributed by atoms with Gasteiger partial charge >= 0.3 is 5.97 Å². The molecule has 94 valence electrons. The van der Waals surface area contributed by atoms with E-state index >= 15 is 0 Å². The Balaban J connectivity index is 3.40. The molecule has 7 heteroatoms. The molecule has 0 aromatic carbocycles. The highest BCUT2D eigenvalue weighted by molar-refractivity contribution is 8.00. The lowest BCUT2D eigenvalue weighted by molar-refractivity contribution is -0.133. The van der Waals surface area contributed by atoms with Crippen LogP contribution in [0.25, 0.3) is 0 Å².